The number of hydrogen-bond donors (Lipinski definition) is 0. The van der Waals surface area contributed by atoms with Crippen molar-refractivity contribution in [3.8, 4) is 0 Å². The van der Waals surface area contributed by atoms with E-state index in [2.05, 4.69) is 0 Å². The monoisotopic (exact) mass is 330 g/mol. The van der Waals surface area contributed by atoms with Gasteiger partial charge in [0.15, 0.2) is 0 Å². The van der Waals surface area contributed by atoms with Crippen LogP contribution >= 0.6 is 11.6 Å². The fourth-order valence-corrected chi connectivity index (χ4v) is 2.39. The quantitative estimate of drug-likeness (QED) is 0.837. The van der Waals surface area contributed by atoms with E-state index >= 15 is 0 Å². The van der Waals surface area contributed by atoms with Crippen LogP contribution in [0, 0.1) is 0 Å². The van der Waals surface area contributed by atoms with E-state index in [4.69, 9.17) is 11.6 Å². The average Bonchev–Trinajstić information content (AvgIpc) is 2.56. The van der Waals surface area contributed by atoms with Gasteiger partial charge in [0, 0.05) is 43.3 Å². The highest BCUT2D eigenvalue weighted by Gasteiger charge is 2.16. The standard InChI is InChI=1S/C18H19ClN2O2/c1-14(22)21(17-10-8-15(19)9-11-17)13-12-18(23)20(2)16-6-4-3-5-7-16/h3-11H,12-13H2,1-2H3. The Balaban J connectivity index is 2.03. The van der Waals surface area contributed by atoms with Crippen molar-refractivity contribution in [2.24, 2.45) is 0 Å². The van der Waals surface area contributed by atoms with Gasteiger partial charge in [0.1, 0.15) is 0 Å². The Bertz CT molecular complexity index is 671. The van der Waals surface area contributed by atoms with Crippen molar-refractivity contribution < 1.29 is 9.59 Å². The van der Waals surface area contributed by atoms with Gasteiger partial charge in [-0.1, -0.05) is 29.8 Å². The van der Waals surface area contributed by atoms with Crippen molar-refractivity contribution in [1.82, 2.24) is 0 Å². The number of hydrogen-bond acceptors (Lipinski definition) is 2. The largest absolute Gasteiger partial charge is 0.315 e. The molecule has 0 N–H and O–H groups in total. The average molecular weight is 331 g/mol. The Kier molecular flexibility index (Phi) is 5.77. The lowest BCUT2D eigenvalue weighted by molar-refractivity contribution is -0.118. The van der Waals surface area contributed by atoms with Crippen LogP contribution < -0.4 is 9.80 Å². The molecule has 0 aliphatic carbocycles. The van der Waals surface area contributed by atoms with Gasteiger partial charge in [-0.2, -0.15) is 0 Å². The minimum atomic E-state index is -0.109. The van der Waals surface area contributed by atoms with E-state index in [1.165, 1.54) is 6.92 Å². The fourth-order valence-electron chi connectivity index (χ4n) is 2.26. The number of carbonyl (C=O) groups excluding carboxylic acids is 2. The van der Waals surface area contributed by atoms with E-state index in [9.17, 15) is 9.59 Å². The second-order valence-electron chi connectivity index (χ2n) is 5.19. The van der Waals surface area contributed by atoms with E-state index in [1.54, 1.807) is 41.1 Å². The molecule has 0 saturated carbocycles. The predicted octanol–water partition coefficient (Wildman–Crippen LogP) is 3.75. The molecule has 2 amide bonds. The van der Waals surface area contributed by atoms with Crippen LogP contribution in [0.2, 0.25) is 5.02 Å². The zero-order chi connectivity index (χ0) is 16.8. The van der Waals surface area contributed by atoms with Crippen molar-refractivity contribution in [2.45, 2.75) is 13.3 Å². The molecule has 0 aromatic heterocycles. The van der Waals surface area contributed by atoms with Gasteiger partial charge in [-0.05, 0) is 36.4 Å². The topological polar surface area (TPSA) is 40.6 Å². The van der Waals surface area contributed by atoms with Crippen LogP contribution in [0.1, 0.15) is 13.3 Å². The summed E-state index contributed by atoms with van der Waals surface area (Å²) in [6, 6.07) is 16.4. The molecule has 0 spiro atoms. The van der Waals surface area contributed by atoms with Crippen LogP contribution in [0.4, 0.5) is 11.4 Å². The van der Waals surface area contributed by atoms with Crippen molar-refractivity contribution in [1.29, 1.82) is 0 Å². The second-order valence-corrected chi connectivity index (χ2v) is 5.62. The van der Waals surface area contributed by atoms with Crippen LogP contribution in [0.25, 0.3) is 0 Å². The summed E-state index contributed by atoms with van der Waals surface area (Å²) in [7, 11) is 1.73. The fraction of sp³-hybridized carbons (Fsp3) is 0.222. The SMILES string of the molecule is CC(=O)N(CCC(=O)N(C)c1ccccc1)c1ccc(Cl)cc1. The Morgan fingerprint density at radius 1 is 0.957 bits per heavy atom. The second kappa shape index (κ2) is 7.79. The van der Waals surface area contributed by atoms with Crippen LogP contribution in [0.3, 0.4) is 0 Å². The third kappa shape index (κ3) is 4.57. The van der Waals surface area contributed by atoms with E-state index in [0.29, 0.717) is 11.6 Å². The van der Waals surface area contributed by atoms with Gasteiger partial charge in [0.25, 0.3) is 0 Å². The summed E-state index contributed by atoms with van der Waals surface area (Å²) in [5, 5.41) is 0.608. The first-order chi connectivity index (χ1) is 11.0. The van der Waals surface area contributed by atoms with Crippen molar-refractivity contribution in [3.05, 3.63) is 59.6 Å². The van der Waals surface area contributed by atoms with Gasteiger partial charge in [0.2, 0.25) is 11.8 Å². The molecule has 2 aromatic rings. The molecular weight excluding hydrogens is 312 g/mol. The molecule has 2 rings (SSSR count). The van der Waals surface area contributed by atoms with Gasteiger partial charge in [0.05, 0.1) is 0 Å². The molecule has 0 aliphatic rings. The van der Waals surface area contributed by atoms with E-state index < -0.39 is 0 Å². The normalized spacial score (nSPS) is 10.2. The number of anilines is 2. The number of amides is 2. The summed E-state index contributed by atoms with van der Waals surface area (Å²) in [5.74, 6) is -0.154. The van der Waals surface area contributed by atoms with Crippen molar-refractivity contribution in [3.63, 3.8) is 0 Å². The summed E-state index contributed by atoms with van der Waals surface area (Å²) < 4.78 is 0. The lowest BCUT2D eigenvalue weighted by atomic mass is 10.2. The number of nitrogens with zero attached hydrogens (tertiary/aromatic N) is 2. The molecule has 2 aromatic carbocycles. The van der Waals surface area contributed by atoms with Gasteiger partial charge in [-0.15, -0.1) is 0 Å². The van der Waals surface area contributed by atoms with Crippen molar-refractivity contribution in [2.75, 3.05) is 23.4 Å². The summed E-state index contributed by atoms with van der Waals surface area (Å²) in [6.45, 7) is 1.81. The van der Waals surface area contributed by atoms with E-state index in [0.717, 1.165) is 11.4 Å². The Hall–Kier alpha value is -2.33. The molecular formula is C18H19ClN2O2. The highest BCUT2D eigenvalue weighted by atomic mass is 35.5. The van der Waals surface area contributed by atoms with E-state index in [1.807, 2.05) is 30.3 Å². The first kappa shape index (κ1) is 17.0. The van der Waals surface area contributed by atoms with E-state index in [-0.39, 0.29) is 18.2 Å². The van der Waals surface area contributed by atoms with Crippen LogP contribution in [0.15, 0.2) is 54.6 Å². The Morgan fingerprint density at radius 3 is 2.13 bits per heavy atom. The zero-order valence-electron chi connectivity index (χ0n) is 13.2. The van der Waals surface area contributed by atoms with Crippen LogP contribution in [-0.2, 0) is 9.59 Å². The first-order valence-electron chi connectivity index (χ1n) is 7.34. The summed E-state index contributed by atoms with van der Waals surface area (Å²) >= 11 is 5.87. The molecule has 0 aliphatic heterocycles. The maximum Gasteiger partial charge on any atom is 0.228 e. The number of benzene rings is 2. The molecule has 0 saturated heterocycles. The number of para-hydroxylation sites is 1. The van der Waals surface area contributed by atoms with Crippen molar-refractivity contribution >= 4 is 34.8 Å². The lowest BCUT2D eigenvalue weighted by Crippen LogP contribution is -2.34. The zero-order valence-corrected chi connectivity index (χ0v) is 14.0. The minimum absolute atomic E-state index is 0.0450. The molecule has 120 valence electrons. The lowest BCUT2D eigenvalue weighted by Gasteiger charge is -2.23. The molecule has 0 heterocycles. The number of halogens is 1. The third-order valence-corrected chi connectivity index (χ3v) is 3.84. The van der Waals surface area contributed by atoms with Gasteiger partial charge in [-0.25, -0.2) is 0 Å². The van der Waals surface area contributed by atoms with Gasteiger partial charge in [-0.3, -0.25) is 9.59 Å². The highest BCUT2D eigenvalue weighted by molar-refractivity contribution is 6.30. The summed E-state index contributed by atoms with van der Waals surface area (Å²) in [5.41, 5.74) is 1.57. The molecule has 0 atom stereocenters. The molecule has 4 nitrogen and oxygen atoms in total. The van der Waals surface area contributed by atoms with Crippen LogP contribution in [-0.4, -0.2) is 25.4 Å². The Morgan fingerprint density at radius 2 is 1.57 bits per heavy atom. The molecule has 23 heavy (non-hydrogen) atoms. The molecule has 0 unspecified atom stereocenters. The summed E-state index contributed by atoms with van der Waals surface area (Å²) in [4.78, 5) is 27.3. The first-order valence-corrected chi connectivity index (χ1v) is 7.72. The predicted molar refractivity (Wildman–Crippen MR) is 93.9 cm³/mol. The van der Waals surface area contributed by atoms with Crippen LogP contribution in [0.5, 0.6) is 0 Å². The maximum absolute atomic E-state index is 12.3. The molecule has 5 heteroatoms. The molecule has 0 bridgehead atoms. The third-order valence-electron chi connectivity index (χ3n) is 3.59. The number of rotatable bonds is 5. The molecule has 0 fully saturated rings. The molecule has 0 radical (unpaired) electrons. The van der Waals surface area contributed by atoms with Gasteiger partial charge < -0.3 is 9.80 Å². The Labute approximate surface area is 141 Å². The number of carbonyl (C=O) groups is 2. The van der Waals surface area contributed by atoms with Gasteiger partial charge >= 0.3 is 0 Å². The highest BCUT2D eigenvalue weighted by Crippen LogP contribution is 2.19. The summed E-state index contributed by atoms with van der Waals surface area (Å²) in [6.07, 6.45) is 0.244. The maximum atomic E-state index is 12.3. The smallest absolute Gasteiger partial charge is 0.228 e. The minimum Gasteiger partial charge on any atom is -0.315 e.